The number of urea groups is 1. The van der Waals surface area contributed by atoms with Crippen LogP contribution >= 0.6 is 0 Å². The third-order valence-corrected chi connectivity index (χ3v) is 5.57. The van der Waals surface area contributed by atoms with Gasteiger partial charge in [0.2, 0.25) is 0 Å². The molecule has 0 aliphatic carbocycles. The summed E-state index contributed by atoms with van der Waals surface area (Å²) in [5.74, 6) is 0.277. The zero-order valence-corrected chi connectivity index (χ0v) is 19.0. The number of nitrogens with one attached hydrogen (secondary N) is 2. The minimum Gasteiger partial charge on any atom is -0.496 e. The Morgan fingerprint density at radius 3 is 2.50 bits per heavy atom. The molecule has 0 bridgehead atoms. The quantitative estimate of drug-likeness (QED) is 0.336. The van der Waals surface area contributed by atoms with Crippen molar-refractivity contribution >= 4 is 22.6 Å². The third kappa shape index (κ3) is 5.00. The molecule has 1 heterocycles. The number of amides is 2. The summed E-state index contributed by atoms with van der Waals surface area (Å²) in [6.45, 7) is 2.01. The summed E-state index contributed by atoms with van der Waals surface area (Å²) in [6, 6.07) is 20.9. The van der Waals surface area contributed by atoms with Gasteiger partial charge in [0.1, 0.15) is 11.6 Å². The fraction of sp³-hybridized carbons (Fsp3) is 0.185. The first kappa shape index (κ1) is 23.2. The molecule has 0 aliphatic rings. The monoisotopic (exact) mass is 459 g/mol. The number of nitrogens with zero attached hydrogens (tertiary/aromatic N) is 1. The highest BCUT2D eigenvalue weighted by Crippen LogP contribution is 2.39. The molecule has 34 heavy (non-hydrogen) atoms. The predicted octanol–water partition coefficient (Wildman–Crippen LogP) is 5.61. The van der Waals surface area contributed by atoms with E-state index in [2.05, 4.69) is 10.6 Å². The van der Waals surface area contributed by atoms with Gasteiger partial charge in [-0.3, -0.25) is 0 Å². The van der Waals surface area contributed by atoms with Crippen LogP contribution in [-0.4, -0.2) is 35.9 Å². The van der Waals surface area contributed by atoms with E-state index in [0.29, 0.717) is 40.2 Å². The Morgan fingerprint density at radius 2 is 1.76 bits per heavy atom. The van der Waals surface area contributed by atoms with Gasteiger partial charge in [0, 0.05) is 34.3 Å². The number of aliphatic hydroxyl groups is 1. The number of fused-ring (bicyclic) bond motifs is 1. The number of halogens is 1. The van der Waals surface area contributed by atoms with E-state index in [1.165, 1.54) is 6.07 Å². The van der Waals surface area contributed by atoms with E-state index in [4.69, 9.17) is 9.72 Å². The maximum Gasteiger partial charge on any atom is 0.319 e. The number of methoxy groups -OCH3 is 1. The topological polar surface area (TPSA) is 83.5 Å². The lowest BCUT2D eigenvalue weighted by molar-refractivity contribution is 0.168. The molecule has 6 nitrogen and oxygen atoms in total. The highest BCUT2D eigenvalue weighted by Gasteiger charge is 2.17. The molecule has 3 aromatic carbocycles. The molecule has 4 aromatic rings. The Hall–Kier alpha value is -3.97. The number of para-hydroxylation sites is 1. The summed E-state index contributed by atoms with van der Waals surface area (Å²) in [7, 11) is 1.59. The van der Waals surface area contributed by atoms with Gasteiger partial charge in [-0.2, -0.15) is 0 Å². The molecule has 0 saturated carbocycles. The number of anilines is 1. The number of hydrogen-bond acceptors (Lipinski definition) is 4. The summed E-state index contributed by atoms with van der Waals surface area (Å²) >= 11 is 0. The third-order valence-electron chi connectivity index (χ3n) is 5.57. The van der Waals surface area contributed by atoms with Crippen molar-refractivity contribution in [2.45, 2.75) is 19.4 Å². The van der Waals surface area contributed by atoms with Crippen molar-refractivity contribution in [1.82, 2.24) is 10.3 Å². The van der Waals surface area contributed by atoms with Gasteiger partial charge in [0.25, 0.3) is 0 Å². The Labute approximate surface area is 197 Å². The maximum absolute atomic E-state index is 14.8. The van der Waals surface area contributed by atoms with Crippen LogP contribution in [0.3, 0.4) is 0 Å². The summed E-state index contributed by atoms with van der Waals surface area (Å²) in [6.07, 6.45) is -0.0374. The second kappa shape index (κ2) is 10.3. The van der Waals surface area contributed by atoms with Crippen molar-refractivity contribution in [3.8, 4) is 28.1 Å². The molecular formula is C27H26FN3O3. The molecular weight excluding hydrogens is 433 g/mol. The lowest BCUT2D eigenvalue weighted by Crippen LogP contribution is -2.34. The number of aromatic nitrogens is 1. The lowest BCUT2D eigenvalue weighted by atomic mass is 9.96. The highest BCUT2D eigenvalue weighted by atomic mass is 19.1. The number of hydrogen-bond donors (Lipinski definition) is 3. The fourth-order valence-corrected chi connectivity index (χ4v) is 3.72. The van der Waals surface area contributed by atoms with Crippen molar-refractivity contribution in [3.63, 3.8) is 0 Å². The van der Waals surface area contributed by atoms with Crippen molar-refractivity contribution in [2.75, 3.05) is 19.0 Å². The normalized spacial score (nSPS) is 11.8. The smallest absolute Gasteiger partial charge is 0.319 e. The van der Waals surface area contributed by atoms with E-state index >= 15 is 0 Å². The van der Waals surface area contributed by atoms with Crippen molar-refractivity contribution in [1.29, 1.82) is 0 Å². The zero-order valence-electron chi connectivity index (χ0n) is 19.0. The molecule has 0 radical (unpaired) electrons. The van der Waals surface area contributed by atoms with Crippen LogP contribution in [0.5, 0.6) is 5.75 Å². The van der Waals surface area contributed by atoms with Gasteiger partial charge >= 0.3 is 6.03 Å². The average Bonchev–Trinajstić information content (AvgIpc) is 2.86. The number of carbonyl (C=O) groups excluding carboxylic acids is 1. The Kier molecular flexibility index (Phi) is 7.04. The van der Waals surface area contributed by atoms with E-state index in [-0.39, 0.29) is 12.4 Å². The Balaban J connectivity index is 1.79. The Bertz CT molecular complexity index is 1330. The summed E-state index contributed by atoms with van der Waals surface area (Å²) in [5.41, 5.74) is 3.61. The molecule has 1 atom stereocenters. The van der Waals surface area contributed by atoms with Gasteiger partial charge in [-0.15, -0.1) is 0 Å². The molecule has 0 fully saturated rings. The van der Waals surface area contributed by atoms with Gasteiger partial charge in [-0.25, -0.2) is 14.2 Å². The second-order valence-corrected chi connectivity index (χ2v) is 7.87. The maximum atomic E-state index is 14.8. The SMILES string of the molecule is CCC(O)CNC(=O)Nc1ccc2nc(-c3ccccc3F)c(-c3ccccc3OC)cc2c1. The number of benzene rings is 3. The van der Waals surface area contributed by atoms with Crippen molar-refractivity contribution < 1.29 is 19.0 Å². The van der Waals surface area contributed by atoms with Gasteiger partial charge in [0.05, 0.1) is 24.4 Å². The van der Waals surface area contributed by atoms with Crippen LogP contribution < -0.4 is 15.4 Å². The molecule has 4 rings (SSSR count). The molecule has 174 valence electrons. The van der Waals surface area contributed by atoms with E-state index in [1.807, 2.05) is 43.3 Å². The van der Waals surface area contributed by atoms with Crippen molar-refractivity contribution in [2.24, 2.45) is 0 Å². The summed E-state index contributed by atoms with van der Waals surface area (Å²) in [5, 5.41) is 15.8. The minimum absolute atomic E-state index is 0.168. The highest BCUT2D eigenvalue weighted by molar-refractivity contribution is 5.96. The number of aliphatic hydroxyl groups excluding tert-OH is 1. The molecule has 1 unspecified atom stereocenters. The minimum atomic E-state index is -0.591. The van der Waals surface area contributed by atoms with E-state index in [9.17, 15) is 14.3 Å². The molecule has 1 aromatic heterocycles. The lowest BCUT2D eigenvalue weighted by Gasteiger charge is -2.15. The van der Waals surface area contributed by atoms with Crippen LogP contribution in [0, 0.1) is 5.82 Å². The van der Waals surface area contributed by atoms with Crippen LogP contribution in [-0.2, 0) is 0 Å². The van der Waals surface area contributed by atoms with Crippen LogP contribution in [0.2, 0.25) is 0 Å². The van der Waals surface area contributed by atoms with Gasteiger partial charge in [-0.1, -0.05) is 37.3 Å². The predicted molar refractivity (Wildman–Crippen MR) is 132 cm³/mol. The molecule has 3 N–H and O–H groups in total. The second-order valence-electron chi connectivity index (χ2n) is 7.87. The summed E-state index contributed by atoms with van der Waals surface area (Å²) < 4.78 is 20.3. The average molecular weight is 460 g/mol. The number of rotatable bonds is 7. The number of pyridine rings is 1. The van der Waals surface area contributed by atoms with Crippen LogP contribution in [0.25, 0.3) is 33.3 Å². The van der Waals surface area contributed by atoms with Crippen molar-refractivity contribution in [3.05, 3.63) is 78.6 Å². The molecule has 7 heteroatoms. The first-order chi connectivity index (χ1) is 16.5. The first-order valence-electron chi connectivity index (χ1n) is 11.1. The zero-order chi connectivity index (χ0) is 24.1. The van der Waals surface area contributed by atoms with Crippen LogP contribution in [0.1, 0.15) is 13.3 Å². The molecule has 0 spiro atoms. The van der Waals surface area contributed by atoms with Gasteiger partial charge < -0.3 is 20.5 Å². The molecule has 0 saturated heterocycles. The van der Waals surface area contributed by atoms with E-state index in [1.54, 1.807) is 37.4 Å². The van der Waals surface area contributed by atoms with E-state index in [0.717, 1.165) is 10.9 Å². The molecule has 2 amide bonds. The van der Waals surface area contributed by atoms with Crippen LogP contribution in [0.15, 0.2) is 72.8 Å². The number of ether oxygens (including phenoxy) is 1. The largest absolute Gasteiger partial charge is 0.496 e. The number of carbonyl (C=O) groups is 1. The van der Waals surface area contributed by atoms with E-state index < -0.39 is 12.1 Å². The Morgan fingerprint density at radius 1 is 1.03 bits per heavy atom. The van der Waals surface area contributed by atoms with Gasteiger partial charge in [0.15, 0.2) is 0 Å². The standard InChI is InChI=1S/C27H26FN3O3/c1-3-19(32)16-29-27(33)30-18-12-13-24-17(14-18)15-22(20-8-5-7-11-25(20)34-2)26(31-24)21-9-4-6-10-23(21)28/h4-15,19,32H,3,16H2,1-2H3,(H2,29,30,33). The van der Waals surface area contributed by atoms with Crippen LogP contribution in [0.4, 0.5) is 14.9 Å². The first-order valence-corrected chi connectivity index (χ1v) is 11.1. The fourth-order valence-electron chi connectivity index (χ4n) is 3.72. The molecule has 0 aliphatic heterocycles. The van der Waals surface area contributed by atoms with Gasteiger partial charge in [-0.05, 0) is 48.9 Å². The summed E-state index contributed by atoms with van der Waals surface area (Å²) in [4.78, 5) is 17.0.